The van der Waals surface area contributed by atoms with E-state index < -0.39 is 11.9 Å². The van der Waals surface area contributed by atoms with Crippen molar-refractivity contribution in [1.82, 2.24) is 9.78 Å². The highest BCUT2D eigenvalue weighted by molar-refractivity contribution is 6.09. The van der Waals surface area contributed by atoms with Crippen molar-refractivity contribution < 1.29 is 14.7 Å². The number of amides is 1. The Balaban J connectivity index is 2.25. The number of carboxylic acids is 1. The molecule has 6 heteroatoms. The molecule has 0 fully saturated rings. The number of nitrogens with zero attached hydrogens (tertiary/aromatic N) is 2. The third-order valence-electron chi connectivity index (χ3n) is 2.59. The van der Waals surface area contributed by atoms with Gasteiger partial charge >= 0.3 is 5.97 Å². The molecule has 2 N–H and O–H groups in total. The van der Waals surface area contributed by atoms with Crippen LogP contribution in [0.5, 0.6) is 0 Å². The lowest BCUT2D eigenvalue weighted by Gasteiger charge is -2.04. The van der Waals surface area contributed by atoms with Crippen LogP contribution in [0.4, 0.5) is 5.69 Å². The van der Waals surface area contributed by atoms with Gasteiger partial charge in [-0.3, -0.25) is 9.48 Å². The molecule has 0 aliphatic carbocycles. The minimum atomic E-state index is -1.23. The van der Waals surface area contributed by atoms with Gasteiger partial charge in [-0.1, -0.05) is 17.7 Å². The fourth-order valence-corrected chi connectivity index (χ4v) is 1.65. The van der Waals surface area contributed by atoms with Crippen molar-refractivity contribution in [3.63, 3.8) is 0 Å². The molecule has 2 rings (SSSR count). The van der Waals surface area contributed by atoms with E-state index in [9.17, 15) is 9.59 Å². The molecule has 1 amide bonds. The maximum absolute atomic E-state index is 12.0. The smallest absolute Gasteiger partial charge is 0.357 e. The lowest BCUT2D eigenvalue weighted by Crippen LogP contribution is -2.15. The first kappa shape index (κ1) is 12.8. The van der Waals surface area contributed by atoms with Crippen LogP contribution in [0.3, 0.4) is 0 Å². The molecule has 0 aliphatic rings. The van der Waals surface area contributed by atoms with Crippen LogP contribution in [0.25, 0.3) is 0 Å². The van der Waals surface area contributed by atoms with Crippen LogP contribution < -0.4 is 5.32 Å². The standard InChI is InChI=1S/C13H13N3O3/c1-8-3-5-9(6-4-8)14-12(17)10-7-16(2)15-11(10)13(18)19/h3-7H,1-2H3,(H,14,17)(H,18,19). The molecule has 0 unspecified atom stereocenters. The van der Waals surface area contributed by atoms with Gasteiger partial charge in [-0.15, -0.1) is 0 Å². The molecule has 1 aromatic heterocycles. The van der Waals surface area contributed by atoms with Crippen LogP contribution in [0.2, 0.25) is 0 Å². The Morgan fingerprint density at radius 3 is 2.47 bits per heavy atom. The van der Waals surface area contributed by atoms with Crippen molar-refractivity contribution in [2.45, 2.75) is 6.92 Å². The highest BCUT2D eigenvalue weighted by Gasteiger charge is 2.20. The molecule has 1 aromatic carbocycles. The zero-order chi connectivity index (χ0) is 14.0. The Bertz CT molecular complexity index is 629. The van der Waals surface area contributed by atoms with E-state index >= 15 is 0 Å². The highest BCUT2D eigenvalue weighted by atomic mass is 16.4. The Labute approximate surface area is 109 Å². The monoisotopic (exact) mass is 259 g/mol. The molecule has 0 aliphatic heterocycles. The van der Waals surface area contributed by atoms with Crippen LogP contribution in [0.15, 0.2) is 30.5 Å². The summed E-state index contributed by atoms with van der Waals surface area (Å²) in [6, 6.07) is 7.22. The number of aromatic nitrogens is 2. The fourth-order valence-electron chi connectivity index (χ4n) is 1.65. The Hall–Kier alpha value is -2.63. The predicted molar refractivity (Wildman–Crippen MR) is 69.3 cm³/mol. The van der Waals surface area contributed by atoms with Crippen molar-refractivity contribution >= 4 is 17.6 Å². The number of hydrogen-bond acceptors (Lipinski definition) is 3. The van der Waals surface area contributed by atoms with Gasteiger partial charge in [0.2, 0.25) is 0 Å². The van der Waals surface area contributed by atoms with Gasteiger partial charge in [-0.2, -0.15) is 5.10 Å². The summed E-state index contributed by atoms with van der Waals surface area (Å²) in [5.74, 6) is -1.72. The van der Waals surface area contributed by atoms with Crippen molar-refractivity contribution in [1.29, 1.82) is 0 Å². The van der Waals surface area contributed by atoms with Gasteiger partial charge in [-0.05, 0) is 19.1 Å². The Morgan fingerprint density at radius 1 is 1.26 bits per heavy atom. The minimum absolute atomic E-state index is 0.0376. The van der Waals surface area contributed by atoms with Crippen LogP contribution in [0, 0.1) is 6.92 Å². The summed E-state index contributed by atoms with van der Waals surface area (Å²) in [4.78, 5) is 23.0. The van der Waals surface area contributed by atoms with Gasteiger partial charge in [0.1, 0.15) is 0 Å². The first-order valence-corrected chi connectivity index (χ1v) is 5.62. The van der Waals surface area contributed by atoms with E-state index in [1.165, 1.54) is 10.9 Å². The number of carboxylic acid groups (broad SMARTS) is 1. The molecule has 2 aromatic rings. The van der Waals surface area contributed by atoms with Crippen LogP contribution in [-0.2, 0) is 7.05 Å². The maximum Gasteiger partial charge on any atom is 0.357 e. The second kappa shape index (κ2) is 4.93. The summed E-state index contributed by atoms with van der Waals surface area (Å²) in [5.41, 5.74) is 1.46. The zero-order valence-electron chi connectivity index (χ0n) is 10.5. The number of anilines is 1. The predicted octanol–water partition coefficient (Wildman–Crippen LogP) is 1.68. The molecule has 0 bridgehead atoms. The summed E-state index contributed by atoms with van der Waals surface area (Å²) in [6.07, 6.45) is 1.38. The topological polar surface area (TPSA) is 84.2 Å². The molecule has 0 saturated carbocycles. The van der Waals surface area contributed by atoms with E-state index in [0.29, 0.717) is 5.69 Å². The largest absolute Gasteiger partial charge is 0.476 e. The van der Waals surface area contributed by atoms with Crippen molar-refractivity contribution in [2.75, 3.05) is 5.32 Å². The number of carbonyl (C=O) groups excluding carboxylic acids is 1. The van der Waals surface area contributed by atoms with E-state index in [-0.39, 0.29) is 11.3 Å². The zero-order valence-corrected chi connectivity index (χ0v) is 10.5. The summed E-state index contributed by atoms with van der Waals surface area (Å²) < 4.78 is 1.30. The van der Waals surface area contributed by atoms with Gasteiger partial charge in [-0.25, -0.2) is 4.79 Å². The molecule has 19 heavy (non-hydrogen) atoms. The molecule has 0 saturated heterocycles. The second-order valence-corrected chi connectivity index (χ2v) is 4.19. The molecule has 98 valence electrons. The lowest BCUT2D eigenvalue weighted by atomic mass is 10.2. The molecule has 0 spiro atoms. The van der Waals surface area contributed by atoms with Crippen LogP contribution in [0.1, 0.15) is 26.4 Å². The Kier molecular flexibility index (Phi) is 3.33. The van der Waals surface area contributed by atoms with Crippen molar-refractivity contribution in [3.8, 4) is 0 Å². The van der Waals surface area contributed by atoms with E-state index in [4.69, 9.17) is 5.11 Å². The number of carbonyl (C=O) groups is 2. The summed E-state index contributed by atoms with van der Waals surface area (Å²) in [5, 5.41) is 15.4. The number of nitrogens with one attached hydrogen (secondary N) is 1. The normalized spacial score (nSPS) is 10.2. The maximum atomic E-state index is 12.0. The third-order valence-corrected chi connectivity index (χ3v) is 2.59. The summed E-state index contributed by atoms with van der Waals surface area (Å²) >= 11 is 0. The summed E-state index contributed by atoms with van der Waals surface area (Å²) in [7, 11) is 1.56. The van der Waals surface area contributed by atoms with E-state index in [1.54, 1.807) is 19.2 Å². The van der Waals surface area contributed by atoms with Gasteiger partial charge in [0, 0.05) is 18.9 Å². The average molecular weight is 259 g/mol. The van der Waals surface area contributed by atoms with E-state index in [1.807, 2.05) is 19.1 Å². The van der Waals surface area contributed by atoms with Crippen molar-refractivity contribution in [3.05, 3.63) is 47.3 Å². The number of aromatic carboxylic acids is 1. The van der Waals surface area contributed by atoms with Gasteiger partial charge in [0.25, 0.3) is 5.91 Å². The summed E-state index contributed by atoms with van der Waals surface area (Å²) in [6.45, 7) is 1.94. The van der Waals surface area contributed by atoms with Crippen LogP contribution >= 0.6 is 0 Å². The number of hydrogen-bond donors (Lipinski definition) is 2. The number of benzene rings is 1. The third kappa shape index (κ3) is 2.79. The number of rotatable bonds is 3. The van der Waals surface area contributed by atoms with Gasteiger partial charge in [0.05, 0.1) is 5.56 Å². The average Bonchev–Trinajstić information content (AvgIpc) is 2.74. The molecule has 6 nitrogen and oxygen atoms in total. The SMILES string of the molecule is Cc1ccc(NC(=O)c2cn(C)nc2C(=O)O)cc1. The Morgan fingerprint density at radius 2 is 1.89 bits per heavy atom. The van der Waals surface area contributed by atoms with Gasteiger partial charge in [0.15, 0.2) is 5.69 Å². The molecule has 1 heterocycles. The second-order valence-electron chi connectivity index (χ2n) is 4.19. The number of aryl methyl sites for hydroxylation is 2. The molecule has 0 atom stereocenters. The minimum Gasteiger partial charge on any atom is -0.476 e. The highest BCUT2D eigenvalue weighted by Crippen LogP contribution is 2.13. The van der Waals surface area contributed by atoms with Crippen molar-refractivity contribution in [2.24, 2.45) is 7.05 Å². The molecule has 0 radical (unpaired) electrons. The van der Waals surface area contributed by atoms with E-state index in [0.717, 1.165) is 5.56 Å². The first-order valence-electron chi connectivity index (χ1n) is 5.62. The van der Waals surface area contributed by atoms with Crippen LogP contribution in [-0.4, -0.2) is 26.8 Å². The quantitative estimate of drug-likeness (QED) is 0.878. The molecular formula is C13H13N3O3. The first-order chi connectivity index (χ1) is 8.97. The van der Waals surface area contributed by atoms with E-state index in [2.05, 4.69) is 10.4 Å². The van der Waals surface area contributed by atoms with Gasteiger partial charge < -0.3 is 10.4 Å². The molecular weight excluding hydrogens is 246 g/mol. The lowest BCUT2D eigenvalue weighted by molar-refractivity contribution is 0.0685. The fraction of sp³-hybridized carbons (Fsp3) is 0.154.